The lowest BCUT2D eigenvalue weighted by molar-refractivity contribution is -0.0522. The van der Waals surface area contributed by atoms with Crippen molar-refractivity contribution in [3.05, 3.63) is 24.0 Å². The van der Waals surface area contributed by atoms with Crippen LogP contribution in [0, 0.1) is 5.82 Å². The van der Waals surface area contributed by atoms with Crippen LogP contribution in [-0.2, 0) is 10.0 Å². The second kappa shape index (κ2) is 7.69. The summed E-state index contributed by atoms with van der Waals surface area (Å²) in [6.45, 7) is -3.05. The molecule has 3 N–H and O–H groups in total. The first-order valence-electron chi connectivity index (χ1n) is 6.76. The normalized spacial score (nSPS) is 17.1. The molecule has 0 amide bonds. The molecule has 0 spiro atoms. The van der Waals surface area contributed by atoms with Crippen molar-refractivity contribution in [3.8, 4) is 5.75 Å². The number of halogens is 4. The molecule has 1 aromatic carbocycles. The standard InChI is InChI=1S/C13H17F3N2O3S.ClH/c14-10-7-9(3-4-11(10)21-12(15)16)22(19,20)18-13(8-17)5-1-2-6-13;/h3-4,7,12,18H,1-2,5-6,8,17H2;1H. The van der Waals surface area contributed by atoms with Crippen molar-refractivity contribution in [1.82, 2.24) is 4.72 Å². The third kappa shape index (κ3) is 4.72. The van der Waals surface area contributed by atoms with E-state index < -0.39 is 33.7 Å². The van der Waals surface area contributed by atoms with E-state index in [2.05, 4.69) is 9.46 Å². The number of ether oxygens (including phenoxy) is 1. The van der Waals surface area contributed by atoms with Gasteiger partial charge >= 0.3 is 6.61 Å². The topological polar surface area (TPSA) is 81.4 Å². The first-order valence-corrected chi connectivity index (χ1v) is 8.25. The number of benzene rings is 1. The van der Waals surface area contributed by atoms with Gasteiger partial charge in [-0.15, -0.1) is 12.4 Å². The van der Waals surface area contributed by atoms with Gasteiger partial charge in [0.2, 0.25) is 10.0 Å². The summed E-state index contributed by atoms with van der Waals surface area (Å²) in [6, 6.07) is 2.53. The Labute approximate surface area is 138 Å². The van der Waals surface area contributed by atoms with Crippen molar-refractivity contribution in [2.75, 3.05) is 6.54 Å². The fraction of sp³-hybridized carbons (Fsp3) is 0.538. The zero-order chi connectivity index (χ0) is 16.4. The monoisotopic (exact) mass is 374 g/mol. The van der Waals surface area contributed by atoms with Gasteiger partial charge in [-0.3, -0.25) is 0 Å². The Morgan fingerprint density at radius 3 is 2.39 bits per heavy atom. The summed E-state index contributed by atoms with van der Waals surface area (Å²) in [7, 11) is -4.00. The minimum Gasteiger partial charge on any atom is -0.432 e. The summed E-state index contributed by atoms with van der Waals surface area (Å²) >= 11 is 0. The van der Waals surface area contributed by atoms with Gasteiger partial charge < -0.3 is 10.5 Å². The van der Waals surface area contributed by atoms with Gasteiger partial charge in [0.05, 0.1) is 4.90 Å². The molecule has 0 atom stereocenters. The third-order valence-corrected chi connectivity index (χ3v) is 5.31. The zero-order valence-electron chi connectivity index (χ0n) is 12.1. The molecule has 0 unspecified atom stereocenters. The van der Waals surface area contributed by atoms with Crippen LogP contribution in [0.15, 0.2) is 23.1 Å². The Bertz CT molecular complexity index is 637. The molecule has 0 heterocycles. The highest BCUT2D eigenvalue weighted by atomic mass is 35.5. The number of alkyl halides is 2. The number of nitrogens with one attached hydrogen (secondary N) is 1. The summed E-state index contributed by atoms with van der Waals surface area (Å²) in [5.74, 6) is -1.88. The van der Waals surface area contributed by atoms with E-state index >= 15 is 0 Å². The molecule has 0 aromatic heterocycles. The SMILES string of the molecule is Cl.NCC1(NS(=O)(=O)c2ccc(OC(F)F)c(F)c2)CCCC1. The molecule has 0 saturated heterocycles. The van der Waals surface area contributed by atoms with E-state index in [1.807, 2.05) is 0 Å². The smallest absolute Gasteiger partial charge is 0.387 e. The maximum atomic E-state index is 13.7. The molecular weight excluding hydrogens is 357 g/mol. The molecule has 1 aliphatic carbocycles. The fourth-order valence-electron chi connectivity index (χ4n) is 2.58. The van der Waals surface area contributed by atoms with Crippen LogP contribution < -0.4 is 15.2 Å². The Balaban J connectivity index is 0.00000264. The van der Waals surface area contributed by atoms with Crippen LogP contribution in [0.4, 0.5) is 13.2 Å². The van der Waals surface area contributed by atoms with E-state index in [9.17, 15) is 21.6 Å². The summed E-state index contributed by atoms with van der Waals surface area (Å²) in [5, 5.41) is 0. The number of rotatable bonds is 6. The van der Waals surface area contributed by atoms with Gasteiger partial charge in [-0.25, -0.2) is 17.5 Å². The molecule has 0 aliphatic heterocycles. The van der Waals surface area contributed by atoms with Crippen LogP contribution in [0.3, 0.4) is 0 Å². The second-order valence-corrected chi connectivity index (χ2v) is 6.95. The van der Waals surface area contributed by atoms with Gasteiger partial charge in [-0.2, -0.15) is 8.78 Å². The highest BCUT2D eigenvalue weighted by Crippen LogP contribution is 2.31. The Morgan fingerprint density at radius 1 is 1.30 bits per heavy atom. The van der Waals surface area contributed by atoms with Crippen LogP contribution in [0.2, 0.25) is 0 Å². The lowest BCUT2D eigenvalue weighted by Crippen LogP contribution is -2.51. The first kappa shape index (κ1) is 20.0. The minimum atomic E-state index is -4.00. The maximum absolute atomic E-state index is 13.7. The minimum absolute atomic E-state index is 0. The molecule has 23 heavy (non-hydrogen) atoms. The molecule has 1 aromatic rings. The fourth-order valence-corrected chi connectivity index (χ4v) is 4.07. The van der Waals surface area contributed by atoms with Crippen molar-refractivity contribution in [2.45, 2.75) is 42.7 Å². The predicted octanol–water partition coefficient (Wildman–Crippen LogP) is 2.40. The molecule has 0 radical (unpaired) electrons. The molecule has 1 aliphatic rings. The van der Waals surface area contributed by atoms with Crippen LogP contribution >= 0.6 is 12.4 Å². The molecule has 0 bridgehead atoms. The number of hydrogen-bond acceptors (Lipinski definition) is 4. The average Bonchev–Trinajstić information content (AvgIpc) is 2.89. The maximum Gasteiger partial charge on any atom is 0.387 e. The quantitative estimate of drug-likeness (QED) is 0.801. The van der Waals surface area contributed by atoms with Gasteiger partial charge in [0.25, 0.3) is 0 Å². The lowest BCUT2D eigenvalue weighted by atomic mass is 10.0. The second-order valence-electron chi connectivity index (χ2n) is 5.27. The number of sulfonamides is 1. The third-order valence-electron chi connectivity index (χ3n) is 3.73. The van der Waals surface area contributed by atoms with Crippen molar-refractivity contribution in [2.24, 2.45) is 5.73 Å². The van der Waals surface area contributed by atoms with Crippen molar-refractivity contribution in [3.63, 3.8) is 0 Å². The predicted molar refractivity (Wildman–Crippen MR) is 80.9 cm³/mol. The molecule has 2 rings (SSSR count). The highest BCUT2D eigenvalue weighted by Gasteiger charge is 2.37. The molecule has 10 heteroatoms. The molecule has 1 saturated carbocycles. The highest BCUT2D eigenvalue weighted by molar-refractivity contribution is 7.89. The van der Waals surface area contributed by atoms with Gasteiger partial charge in [-0.05, 0) is 31.0 Å². The number of nitrogens with two attached hydrogens (primary N) is 1. The van der Waals surface area contributed by atoms with E-state index in [4.69, 9.17) is 5.73 Å². The molecule has 1 fully saturated rings. The van der Waals surface area contributed by atoms with Gasteiger partial charge in [0.1, 0.15) is 0 Å². The van der Waals surface area contributed by atoms with E-state index in [0.717, 1.165) is 25.0 Å². The van der Waals surface area contributed by atoms with Crippen LogP contribution in [0.5, 0.6) is 5.75 Å². The molecule has 132 valence electrons. The van der Waals surface area contributed by atoms with Crippen LogP contribution in [0.25, 0.3) is 0 Å². The summed E-state index contributed by atoms with van der Waals surface area (Å²) < 4.78 is 68.9. The van der Waals surface area contributed by atoms with E-state index in [1.165, 1.54) is 0 Å². The summed E-state index contributed by atoms with van der Waals surface area (Å²) in [4.78, 5) is -0.355. The molecular formula is C13H18ClF3N2O3S. The average molecular weight is 375 g/mol. The summed E-state index contributed by atoms with van der Waals surface area (Å²) in [6.07, 6.45) is 2.93. The Kier molecular flexibility index (Phi) is 6.70. The van der Waals surface area contributed by atoms with E-state index in [1.54, 1.807) is 0 Å². The van der Waals surface area contributed by atoms with Gasteiger partial charge in [0.15, 0.2) is 11.6 Å². The van der Waals surface area contributed by atoms with Crippen molar-refractivity contribution < 1.29 is 26.3 Å². The largest absolute Gasteiger partial charge is 0.432 e. The van der Waals surface area contributed by atoms with E-state index in [0.29, 0.717) is 18.9 Å². The van der Waals surface area contributed by atoms with E-state index in [-0.39, 0.29) is 23.8 Å². The Hall–Kier alpha value is -1.03. The van der Waals surface area contributed by atoms with Gasteiger partial charge in [0, 0.05) is 12.1 Å². The first-order chi connectivity index (χ1) is 10.3. The zero-order valence-corrected chi connectivity index (χ0v) is 13.7. The van der Waals surface area contributed by atoms with Crippen LogP contribution in [-0.4, -0.2) is 27.1 Å². The Morgan fingerprint density at radius 2 is 1.91 bits per heavy atom. The van der Waals surface area contributed by atoms with Gasteiger partial charge in [-0.1, -0.05) is 12.8 Å². The van der Waals surface area contributed by atoms with Crippen molar-refractivity contribution in [1.29, 1.82) is 0 Å². The molecule has 5 nitrogen and oxygen atoms in total. The van der Waals surface area contributed by atoms with Crippen LogP contribution in [0.1, 0.15) is 25.7 Å². The number of hydrogen-bond donors (Lipinski definition) is 2. The lowest BCUT2D eigenvalue weighted by Gasteiger charge is -2.28. The van der Waals surface area contributed by atoms with Crippen molar-refractivity contribution >= 4 is 22.4 Å². The summed E-state index contributed by atoms with van der Waals surface area (Å²) in [5.41, 5.74) is 4.93.